The van der Waals surface area contributed by atoms with E-state index in [1.807, 2.05) is 20.8 Å². The highest BCUT2D eigenvalue weighted by Crippen LogP contribution is 2.76. The summed E-state index contributed by atoms with van der Waals surface area (Å²) in [5.74, 6) is -0.249. The number of hydrogen-bond acceptors (Lipinski definition) is 4. The standard InChI is InChI=1S/C9H14N2O2/c1-7(2)8(3)5-10-11-9(7,8)6(12)13-4/h5H2,1-4H3. The molecule has 0 radical (unpaired) electrons. The van der Waals surface area contributed by atoms with E-state index < -0.39 is 5.54 Å². The van der Waals surface area contributed by atoms with Crippen LogP contribution in [0.15, 0.2) is 10.2 Å². The van der Waals surface area contributed by atoms with E-state index in [0.29, 0.717) is 6.54 Å². The van der Waals surface area contributed by atoms with E-state index in [1.54, 1.807) is 0 Å². The van der Waals surface area contributed by atoms with Gasteiger partial charge >= 0.3 is 5.97 Å². The smallest absolute Gasteiger partial charge is 0.336 e. The van der Waals surface area contributed by atoms with Crippen molar-refractivity contribution in [2.45, 2.75) is 26.3 Å². The SMILES string of the molecule is COC(=O)C12N=NCC1(C)C2(C)C. The quantitative estimate of drug-likeness (QED) is 0.576. The van der Waals surface area contributed by atoms with Gasteiger partial charge in [-0.1, -0.05) is 20.8 Å². The molecule has 0 saturated heterocycles. The lowest BCUT2D eigenvalue weighted by Gasteiger charge is -2.10. The molecular weight excluding hydrogens is 168 g/mol. The predicted octanol–water partition coefficient (Wildman–Crippen LogP) is 1.41. The molecule has 2 atom stereocenters. The van der Waals surface area contributed by atoms with E-state index in [0.717, 1.165) is 0 Å². The molecule has 0 bridgehead atoms. The maximum atomic E-state index is 11.6. The van der Waals surface area contributed by atoms with Gasteiger partial charge in [-0.25, -0.2) is 4.79 Å². The summed E-state index contributed by atoms with van der Waals surface area (Å²) < 4.78 is 4.79. The van der Waals surface area contributed by atoms with Crippen LogP contribution in [-0.2, 0) is 9.53 Å². The maximum Gasteiger partial charge on any atom is 0.336 e. The average Bonchev–Trinajstić information content (AvgIpc) is 2.44. The lowest BCUT2D eigenvalue weighted by atomic mass is 9.99. The van der Waals surface area contributed by atoms with Gasteiger partial charge in [0, 0.05) is 10.8 Å². The summed E-state index contributed by atoms with van der Waals surface area (Å²) in [7, 11) is 1.40. The number of carbonyl (C=O) groups excluding carboxylic acids is 1. The van der Waals surface area contributed by atoms with Gasteiger partial charge in [-0.3, -0.25) is 0 Å². The molecular formula is C9H14N2O2. The van der Waals surface area contributed by atoms with Crippen molar-refractivity contribution in [2.75, 3.05) is 13.7 Å². The second kappa shape index (κ2) is 1.94. The van der Waals surface area contributed by atoms with Crippen LogP contribution in [0.2, 0.25) is 0 Å². The molecule has 1 saturated carbocycles. The minimum atomic E-state index is -0.700. The van der Waals surface area contributed by atoms with Gasteiger partial charge in [0.25, 0.3) is 0 Å². The first-order chi connectivity index (χ1) is 5.94. The number of azo groups is 1. The van der Waals surface area contributed by atoms with Crippen LogP contribution in [0.5, 0.6) is 0 Å². The second-order valence-electron chi connectivity index (χ2n) is 4.56. The van der Waals surface area contributed by atoms with Crippen molar-refractivity contribution in [3.8, 4) is 0 Å². The zero-order valence-corrected chi connectivity index (χ0v) is 8.42. The van der Waals surface area contributed by atoms with Crippen LogP contribution in [0.4, 0.5) is 0 Å². The minimum absolute atomic E-state index is 0.116. The molecule has 2 unspecified atom stereocenters. The van der Waals surface area contributed by atoms with E-state index in [-0.39, 0.29) is 16.8 Å². The van der Waals surface area contributed by atoms with Gasteiger partial charge < -0.3 is 4.74 Å². The fraction of sp³-hybridized carbons (Fsp3) is 0.889. The fourth-order valence-electron chi connectivity index (χ4n) is 2.66. The number of fused-ring (bicyclic) bond motifs is 1. The normalized spacial score (nSPS) is 44.3. The number of hydrogen-bond donors (Lipinski definition) is 0. The molecule has 0 aromatic rings. The van der Waals surface area contributed by atoms with E-state index in [4.69, 9.17) is 4.74 Å². The third-order valence-electron chi connectivity index (χ3n) is 4.11. The maximum absolute atomic E-state index is 11.6. The zero-order chi connectivity index (χ0) is 9.91. The molecule has 4 heteroatoms. The summed E-state index contributed by atoms with van der Waals surface area (Å²) >= 11 is 0. The Balaban J connectivity index is 2.45. The Kier molecular flexibility index (Phi) is 1.29. The van der Waals surface area contributed by atoms with E-state index in [1.165, 1.54) is 7.11 Å². The van der Waals surface area contributed by atoms with E-state index >= 15 is 0 Å². The van der Waals surface area contributed by atoms with Crippen molar-refractivity contribution in [3.05, 3.63) is 0 Å². The Hall–Kier alpha value is -0.930. The number of rotatable bonds is 1. The van der Waals surface area contributed by atoms with Crippen LogP contribution in [0.3, 0.4) is 0 Å². The topological polar surface area (TPSA) is 51.0 Å². The summed E-state index contributed by atoms with van der Waals surface area (Å²) in [5, 5.41) is 8.03. The third-order valence-corrected chi connectivity index (χ3v) is 4.11. The molecule has 72 valence electrons. The van der Waals surface area contributed by atoms with Crippen LogP contribution >= 0.6 is 0 Å². The largest absolute Gasteiger partial charge is 0.467 e. The molecule has 0 aromatic heterocycles. The van der Waals surface area contributed by atoms with Crippen LogP contribution in [-0.4, -0.2) is 25.2 Å². The fourth-order valence-corrected chi connectivity index (χ4v) is 2.66. The van der Waals surface area contributed by atoms with Crippen molar-refractivity contribution in [2.24, 2.45) is 21.1 Å². The highest BCUT2D eigenvalue weighted by molar-refractivity contribution is 5.89. The predicted molar refractivity (Wildman–Crippen MR) is 46.4 cm³/mol. The number of methoxy groups -OCH3 is 1. The van der Waals surface area contributed by atoms with Crippen molar-refractivity contribution in [1.82, 2.24) is 0 Å². The Bertz CT molecular complexity index is 311. The van der Waals surface area contributed by atoms with Gasteiger partial charge in [-0.05, 0) is 0 Å². The number of esters is 1. The van der Waals surface area contributed by atoms with Crippen LogP contribution in [0.25, 0.3) is 0 Å². The Labute approximate surface area is 77.4 Å². The molecule has 1 aliphatic carbocycles. The Morgan fingerprint density at radius 1 is 1.38 bits per heavy atom. The van der Waals surface area contributed by atoms with Gasteiger partial charge in [0.15, 0.2) is 5.54 Å². The van der Waals surface area contributed by atoms with Gasteiger partial charge in [0.1, 0.15) is 0 Å². The molecule has 0 amide bonds. The Morgan fingerprint density at radius 2 is 2.00 bits per heavy atom. The summed E-state index contributed by atoms with van der Waals surface area (Å²) in [5.41, 5.74) is -0.948. The molecule has 0 spiro atoms. The number of nitrogens with zero attached hydrogens (tertiary/aromatic N) is 2. The first-order valence-electron chi connectivity index (χ1n) is 4.41. The molecule has 4 nitrogen and oxygen atoms in total. The summed E-state index contributed by atoms with van der Waals surface area (Å²) in [6.07, 6.45) is 0. The monoisotopic (exact) mass is 182 g/mol. The average molecular weight is 182 g/mol. The molecule has 0 N–H and O–H groups in total. The number of ether oxygens (including phenoxy) is 1. The van der Waals surface area contributed by atoms with Crippen molar-refractivity contribution in [1.29, 1.82) is 0 Å². The minimum Gasteiger partial charge on any atom is -0.467 e. The van der Waals surface area contributed by atoms with Crippen molar-refractivity contribution in [3.63, 3.8) is 0 Å². The van der Waals surface area contributed by atoms with Gasteiger partial charge in [0.2, 0.25) is 0 Å². The van der Waals surface area contributed by atoms with Crippen molar-refractivity contribution < 1.29 is 9.53 Å². The molecule has 1 heterocycles. The van der Waals surface area contributed by atoms with E-state index in [9.17, 15) is 4.79 Å². The first kappa shape index (κ1) is 8.66. The summed E-state index contributed by atoms with van der Waals surface area (Å²) in [4.78, 5) is 11.6. The van der Waals surface area contributed by atoms with Crippen LogP contribution in [0, 0.1) is 10.8 Å². The third kappa shape index (κ3) is 0.567. The Morgan fingerprint density at radius 3 is 2.38 bits per heavy atom. The van der Waals surface area contributed by atoms with Gasteiger partial charge in [-0.2, -0.15) is 10.2 Å². The van der Waals surface area contributed by atoms with Crippen molar-refractivity contribution >= 4 is 5.97 Å². The van der Waals surface area contributed by atoms with E-state index in [2.05, 4.69) is 10.2 Å². The first-order valence-corrected chi connectivity index (χ1v) is 4.41. The zero-order valence-electron chi connectivity index (χ0n) is 8.42. The molecule has 2 rings (SSSR count). The lowest BCUT2D eigenvalue weighted by Crippen LogP contribution is -2.28. The molecule has 0 aromatic carbocycles. The molecule has 2 aliphatic rings. The summed E-state index contributed by atoms with van der Waals surface area (Å²) in [6, 6.07) is 0. The van der Waals surface area contributed by atoms with Gasteiger partial charge in [-0.15, -0.1) is 0 Å². The highest BCUT2D eigenvalue weighted by Gasteiger charge is 2.87. The summed E-state index contributed by atoms with van der Waals surface area (Å²) in [6.45, 7) is 6.77. The van der Waals surface area contributed by atoms with Crippen LogP contribution < -0.4 is 0 Å². The second-order valence-corrected chi connectivity index (χ2v) is 4.56. The molecule has 13 heavy (non-hydrogen) atoms. The number of carbonyl (C=O) groups is 1. The molecule has 1 aliphatic heterocycles. The van der Waals surface area contributed by atoms with Crippen LogP contribution in [0.1, 0.15) is 20.8 Å². The van der Waals surface area contributed by atoms with Gasteiger partial charge in [0.05, 0.1) is 13.7 Å². The molecule has 1 fully saturated rings. The highest BCUT2D eigenvalue weighted by atomic mass is 16.5. The lowest BCUT2D eigenvalue weighted by molar-refractivity contribution is -0.144.